The van der Waals surface area contributed by atoms with Crippen molar-refractivity contribution >= 4 is 5.69 Å². The van der Waals surface area contributed by atoms with Gasteiger partial charge in [-0.25, -0.2) is 4.68 Å². The van der Waals surface area contributed by atoms with Crippen molar-refractivity contribution in [2.24, 2.45) is 0 Å². The van der Waals surface area contributed by atoms with Crippen LogP contribution in [0.25, 0.3) is 0 Å². The van der Waals surface area contributed by atoms with E-state index in [1.165, 1.54) is 16.9 Å². The fourth-order valence-corrected chi connectivity index (χ4v) is 0.902. The second-order valence-corrected chi connectivity index (χ2v) is 2.53. The molecule has 1 aromatic rings. The quantitative estimate of drug-likeness (QED) is 0.658. The average molecular weight is 177 g/mol. The molecule has 1 rings (SSSR count). The van der Waals surface area contributed by atoms with Crippen molar-refractivity contribution < 1.29 is 0 Å². The molecule has 0 aliphatic rings. The molecule has 1 aromatic heterocycles. The van der Waals surface area contributed by atoms with E-state index in [1.807, 2.05) is 0 Å². The molecule has 0 amide bonds. The predicted octanol–water partition coefficient (Wildman–Crippen LogP) is 0.239. The maximum atomic E-state index is 11.2. The third-order valence-electron chi connectivity index (χ3n) is 1.52. The second-order valence-electron chi connectivity index (χ2n) is 2.53. The normalized spacial score (nSPS) is 9.00. The molecule has 13 heavy (non-hydrogen) atoms. The number of rotatable bonds is 2. The predicted molar refractivity (Wildman–Crippen MR) is 51.0 cm³/mol. The Bertz CT molecular complexity index is 397. The third kappa shape index (κ3) is 2.64. The average Bonchev–Trinajstić information content (AvgIpc) is 2.09. The molecule has 68 valence electrons. The highest BCUT2D eigenvalue weighted by atomic mass is 16.1. The van der Waals surface area contributed by atoms with Crippen molar-refractivity contribution in [1.29, 1.82) is 0 Å². The number of nitrogens with two attached hydrogens (primary N) is 1. The van der Waals surface area contributed by atoms with Gasteiger partial charge in [0.1, 0.15) is 0 Å². The van der Waals surface area contributed by atoms with E-state index in [1.54, 1.807) is 6.92 Å². The summed E-state index contributed by atoms with van der Waals surface area (Å²) >= 11 is 0. The third-order valence-corrected chi connectivity index (χ3v) is 1.52. The van der Waals surface area contributed by atoms with Crippen molar-refractivity contribution in [1.82, 2.24) is 9.78 Å². The fraction of sp³-hybridized carbons (Fsp3) is 0.333. The second kappa shape index (κ2) is 4.31. The Morgan fingerprint density at radius 2 is 2.46 bits per heavy atom. The molecule has 4 heteroatoms. The first kappa shape index (κ1) is 9.33. The summed E-state index contributed by atoms with van der Waals surface area (Å²) in [6, 6.07) is 1.35. The summed E-state index contributed by atoms with van der Waals surface area (Å²) in [6.45, 7) is 2.28. The zero-order valence-corrected chi connectivity index (χ0v) is 7.45. The molecule has 0 aliphatic carbocycles. The Labute approximate surface area is 76.4 Å². The largest absolute Gasteiger partial charge is 0.397 e. The van der Waals surface area contributed by atoms with Gasteiger partial charge in [-0.2, -0.15) is 5.10 Å². The van der Waals surface area contributed by atoms with Crippen LogP contribution in [0.4, 0.5) is 5.69 Å². The van der Waals surface area contributed by atoms with Crippen molar-refractivity contribution in [3.8, 4) is 11.8 Å². The SMILES string of the molecule is CC#CCCn1ncc(N)cc1=O. The highest BCUT2D eigenvalue weighted by molar-refractivity contribution is 5.31. The molecule has 0 saturated heterocycles. The molecule has 1 heterocycles. The van der Waals surface area contributed by atoms with Crippen LogP contribution in [0.2, 0.25) is 0 Å². The molecule has 0 aliphatic heterocycles. The van der Waals surface area contributed by atoms with Gasteiger partial charge in [-0.15, -0.1) is 11.8 Å². The topological polar surface area (TPSA) is 60.9 Å². The van der Waals surface area contributed by atoms with Crippen LogP contribution in [0.5, 0.6) is 0 Å². The smallest absolute Gasteiger partial charge is 0.268 e. The highest BCUT2D eigenvalue weighted by Gasteiger charge is 1.95. The Morgan fingerprint density at radius 3 is 3.08 bits per heavy atom. The van der Waals surface area contributed by atoms with E-state index in [2.05, 4.69) is 16.9 Å². The van der Waals surface area contributed by atoms with Gasteiger partial charge in [0.2, 0.25) is 0 Å². The molecule has 0 spiro atoms. The van der Waals surface area contributed by atoms with Crippen LogP contribution in [0.15, 0.2) is 17.1 Å². The van der Waals surface area contributed by atoms with E-state index in [0.717, 1.165) is 0 Å². The summed E-state index contributed by atoms with van der Waals surface area (Å²) in [5, 5.41) is 3.86. The van der Waals surface area contributed by atoms with Crippen LogP contribution >= 0.6 is 0 Å². The first-order valence-electron chi connectivity index (χ1n) is 3.96. The molecule has 0 fully saturated rings. The zero-order chi connectivity index (χ0) is 9.68. The summed E-state index contributed by atoms with van der Waals surface area (Å²) in [4.78, 5) is 11.2. The first-order chi connectivity index (χ1) is 6.24. The van der Waals surface area contributed by atoms with E-state index in [0.29, 0.717) is 18.7 Å². The van der Waals surface area contributed by atoms with E-state index in [4.69, 9.17) is 5.73 Å². The molecule has 0 radical (unpaired) electrons. The van der Waals surface area contributed by atoms with E-state index < -0.39 is 0 Å². The molecule has 0 aromatic carbocycles. The number of nitrogen functional groups attached to an aromatic ring is 1. The summed E-state index contributed by atoms with van der Waals surface area (Å²) in [5.41, 5.74) is 5.59. The maximum absolute atomic E-state index is 11.2. The summed E-state index contributed by atoms with van der Waals surface area (Å²) in [5.74, 6) is 5.61. The van der Waals surface area contributed by atoms with Gasteiger partial charge in [-0.05, 0) is 6.92 Å². The van der Waals surface area contributed by atoms with Crippen LogP contribution in [0, 0.1) is 11.8 Å². The summed E-state index contributed by atoms with van der Waals surface area (Å²) in [7, 11) is 0. The summed E-state index contributed by atoms with van der Waals surface area (Å²) < 4.78 is 1.35. The standard InChI is InChI=1S/C9H11N3O/c1-2-3-4-5-12-9(13)6-8(10)7-11-12/h6-7H,4-5,10H2,1H3. The first-order valence-corrected chi connectivity index (χ1v) is 3.96. The van der Waals surface area contributed by atoms with Gasteiger partial charge in [-0.3, -0.25) is 4.79 Å². The fourth-order valence-electron chi connectivity index (χ4n) is 0.902. The summed E-state index contributed by atoms with van der Waals surface area (Å²) in [6.07, 6.45) is 2.09. The minimum absolute atomic E-state index is 0.182. The number of aromatic nitrogens is 2. The molecular weight excluding hydrogens is 166 g/mol. The van der Waals surface area contributed by atoms with E-state index in [9.17, 15) is 4.79 Å². The van der Waals surface area contributed by atoms with Crippen LogP contribution in [0.1, 0.15) is 13.3 Å². The number of hydrogen-bond acceptors (Lipinski definition) is 3. The molecule has 0 atom stereocenters. The molecule has 0 bridgehead atoms. The zero-order valence-electron chi connectivity index (χ0n) is 7.45. The molecule has 0 unspecified atom stereocenters. The Balaban J connectivity index is 2.76. The van der Waals surface area contributed by atoms with Gasteiger partial charge in [-0.1, -0.05) is 0 Å². The Kier molecular flexibility index (Phi) is 3.09. The number of nitrogens with zero attached hydrogens (tertiary/aromatic N) is 2. The van der Waals surface area contributed by atoms with Crippen LogP contribution in [0.3, 0.4) is 0 Å². The highest BCUT2D eigenvalue weighted by Crippen LogP contribution is 1.90. The molecular formula is C9H11N3O. The number of anilines is 1. The minimum atomic E-state index is -0.182. The van der Waals surface area contributed by atoms with Crippen molar-refractivity contribution in [2.75, 3.05) is 5.73 Å². The lowest BCUT2D eigenvalue weighted by Gasteiger charge is -2.00. The van der Waals surface area contributed by atoms with Gasteiger partial charge in [0.25, 0.3) is 5.56 Å². The van der Waals surface area contributed by atoms with E-state index >= 15 is 0 Å². The lowest BCUT2D eigenvalue weighted by Crippen LogP contribution is -2.22. The van der Waals surface area contributed by atoms with Crippen LogP contribution in [-0.4, -0.2) is 9.78 Å². The van der Waals surface area contributed by atoms with E-state index in [-0.39, 0.29) is 5.56 Å². The lowest BCUT2D eigenvalue weighted by molar-refractivity contribution is 0.591. The van der Waals surface area contributed by atoms with Gasteiger partial charge in [0, 0.05) is 12.5 Å². The van der Waals surface area contributed by atoms with Gasteiger partial charge in [0.05, 0.1) is 18.4 Å². The van der Waals surface area contributed by atoms with Gasteiger partial charge < -0.3 is 5.73 Å². The van der Waals surface area contributed by atoms with Gasteiger partial charge in [0.15, 0.2) is 0 Å². The Morgan fingerprint density at radius 1 is 1.69 bits per heavy atom. The lowest BCUT2D eigenvalue weighted by atomic mass is 10.4. The number of aryl methyl sites for hydroxylation is 1. The molecule has 4 nitrogen and oxygen atoms in total. The van der Waals surface area contributed by atoms with Crippen molar-refractivity contribution in [3.63, 3.8) is 0 Å². The maximum Gasteiger partial charge on any atom is 0.268 e. The Hall–Kier alpha value is -1.76. The van der Waals surface area contributed by atoms with Gasteiger partial charge >= 0.3 is 0 Å². The molecule has 0 saturated carbocycles. The monoisotopic (exact) mass is 177 g/mol. The van der Waals surface area contributed by atoms with Crippen LogP contribution in [-0.2, 0) is 6.54 Å². The number of hydrogen-bond donors (Lipinski definition) is 1. The molecule has 2 N–H and O–H groups in total. The minimum Gasteiger partial charge on any atom is -0.397 e. The van der Waals surface area contributed by atoms with Crippen LogP contribution < -0.4 is 11.3 Å². The van der Waals surface area contributed by atoms with Crippen molar-refractivity contribution in [3.05, 3.63) is 22.6 Å². The van der Waals surface area contributed by atoms with Crippen molar-refractivity contribution in [2.45, 2.75) is 19.9 Å².